The molecule has 15 heteroatoms. The third kappa shape index (κ3) is 10.7. The van der Waals surface area contributed by atoms with Gasteiger partial charge in [-0.3, -0.25) is 9.59 Å². The fraction of sp³-hybridized carbons (Fsp3) is 0.308. The zero-order valence-electron chi connectivity index (χ0n) is 22.3. The summed E-state index contributed by atoms with van der Waals surface area (Å²) in [4.78, 5) is 54.0. The Balaban J connectivity index is 0.000000280. The zero-order chi connectivity index (χ0) is 29.1. The van der Waals surface area contributed by atoms with E-state index in [1.54, 1.807) is 13.8 Å². The minimum Gasteiger partial charge on any atom is -0.549 e. The number of carboxylic acid groups (broad SMARTS) is 2. The van der Waals surface area contributed by atoms with E-state index in [-0.39, 0.29) is 49.2 Å². The van der Waals surface area contributed by atoms with Crippen molar-refractivity contribution in [2.45, 2.75) is 22.5 Å². The van der Waals surface area contributed by atoms with Gasteiger partial charge in [0.25, 0.3) is 0 Å². The monoisotopic (exact) mass is 658 g/mol. The van der Waals surface area contributed by atoms with E-state index in [0.29, 0.717) is 13.1 Å². The van der Waals surface area contributed by atoms with Crippen LogP contribution >= 0.6 is 46.2 Å². The quantitative estimate of drug-likeness (QED) is 0.129. The van der Waals surface area contributed by atoms with E-state index in [0.717, 1.165) is 29.1 Å². The number of carboxylic acids is 2. The van der Waals surface area contributed by atoms with E-state index in [9.17, 15) is 29.4 Å². The second kappa shape index (κ2) is 17.9. The molecule has 0 bridgehead atoms. The van der Waals surface area contributed by atoms with Crippen LogP contribution in [-0.2, 0) is 19.2 Å². The summed E-state index contributed by atoms with van der Waals surface area (Å²) in [6, 6.07) is 15.4. The maximum Gasteiger partial charge on any atom is 2.00 e. The summed E-state index contributed by atoms with van der Waals surface area (Å²) in [5.74, 6) is -5.82. The second-order valence-corrected chi connectivity index (χ2v) is 12.6. The Labute approximate surface area is 283 Å². The molecule has 2 aromatic heterocycles. The van der Waals surface area contributed by atoms with Gasteiger partial charge in [0.1, 0.15) is 0 Å². The van der Waals surface area contributed by atoms with E-state index in [4.69, 9.17) is 0 Å². The van der Waals surface area contributed by atoms with Crippen molar-refractivity contribution in [3.63, 3.8) is 0 Å². The van der Waals surface area contributed by atoms with Crippen LogP contribution in [0.5, 0.6) is 0 Å². The predicted octanol–water partition coefficient (Wildman–Crippen LogP) is 1.40. The fourth-order valence-electron chi connectivity index (χ4n) is 3.23. The van der Waals surface area contributed by atoms with Gasteiger partial charge in [-0.2, -0.15) is 0 Å². The molecule has 10 nitrogen and oxygen atoms in total. The molecule has 2 aromatic carbocycles. The van der Waals surface area contributed by atoms with Crippen molar-refractivity contribution in [2.75, 3.05) is 24.6 Å². The molecule has 0 aliphatic heterocycles. The largest absolute Gasteiger partial charge is 2.00 e. The van der Waals surface area contributed by atoms with Crippen LogP contribution in [0.25, 0.3) is 20.4 Å². The Morgan fingerprint density at radius 1 is 0.732 bits per heavy atom. The van der Waals surface area contributed by atoms with Crippen molar-refractivity contribution in [1.29, 1.82) is 0 Å². The summed E-state index contributed by atoms with van der Waals surface area (Å²) in [5, 5.41) is 27.0. The van der Waals surface area contributed by atoms with Crippen LogP contribution in [0.15, 0.2) is 57.2 Å². The summed E-state index contributed by atoms with van der Waals surface area (Å²) in [6.45, 7) is 4.28. The molecule has 0 fully saturated rings. The van der Waals surface area contributed by atoms with Crippen LogP contribution in [-0.4, -0.2) is 96.1 Å². The van der Waals surface area contributed by atoms with Crippen LogP contribution < -0.4 is 20.8 Å². The number of carbonyl (C=O) groups excluding carboxylic acids is 4. The summed E-state index contributed by atoms with van der Waals surface area (Å²) in [6.07, 6.45) is 0. The van der Waals surface area contributed by atoms with Gasteiger partial charge < -0.3 is 30.4 Å². The molecule has 0 aliphatic carbocycles. The van der Waals surface area contributed by atoms with Gasteiger partial charge in [0.15, 0.2) is 8.68 Å². The first kappa shape index (κ1) is 35.3. The minimum atomic E-state index is -1.36. The fourth-order valence-corrected chi connectivity index (χ4v) is 7.56. The van der Waals surface area contributed by atoms with Crippen LogP contribution in [0, 0.1) is 11.8 Å². The van der Waals surface area contributed by atoms with Gasteiger partial charge in [-0.1, -0.05) is 47.8 Å². The Bertz CT molecular complexity index is 1300. The summed E-state index contributed by atoms with van der Waals surface area (Å²) in [5.41, 5.74) is 1.76. The SMILES string of the molecule is CCNC(=O)C(CSc1nc2ccccc2s1)C(=O)[O-].CCNC(=O)C(CSc1nc2ccccc2s1)C(=O)[O-].[Ca+2]. The smallest absolute Gasteiger partial charge is 0.549 e. The number of carbonyl (C=O) groups is 4. The number of hydrogen-bond acceptors (Lipinski definition) is 12. The number of nitrogens with one attached hydrogen (secondary N) is 2. The maximum atomic E-state index is 11.6. The molecular weight excluding hydrogens is 633 g/mol. The number of para-hydroxylation sites is 2. The second-order valence-electron chi connectivity index (χ2n) is 8.05. The molecule has 2 amide bonds. The number of aliphatic carboxylic acids is 2. The van der Waals surface area contributed by atoms with Crippen molar-refractivity contribution in [3.05, 3.63) is 48.5 Å². The number of thiazole rings is 2. The van der Waals surface area contributed by atoms with Gasteiger partial charge in [0, 0.05) is 24.6 Å². The van der Waals surface area contributed by atoms with Crippen LogP contribution in [0.1, 0.15) is 13.8 Å². The standard InChI is InChI=1S/2C13H14N2O3S2.Ca/c2*1-2-14-11(16)8(12(17)18)7-19-13-15-9-5-3-4-6-10(9)20-13;/h2*3-6,8H,2,7H2,1H3,(H,14,16)(H,17,18);/q;;+2/p-2. The number of nitrogens with zero attached hydrogens (tertiary/aromatic N) is 2. The average Bonchev–Trinajstić information content (AvgIpc) is 3.52. The van der Waals surface area contributed by atoms with E-state index in [2.05, 4.69) is 20.6 Å². The van der Waals surface area contributed by atoms with Crippen LogP contribution in [0.3, 0.4) is 0 Å². The summed E-state index contributed by atoms with van der Waals surface area (Å²) >= 11 is 5.49. The van der Waals surface area contributed by atoms with Crippen molar-refractivity contribution in [1.82, 2.24) is 20.6 Å². The van der Waals surface area contributed by atoms with Gasteiger partial charge in [0.05, 0.1) is 44.2 Å². The molecule has 4 aromatic rings. The van der Waals surface area contributed by atoms with Gasteiger partial charge in [0.2, 0.25) is 11.8 Å². The first-order valence-electron chi connectivity index (χ1n) is 12.2. The Hall–Kier alpha value is -1.94. The maximum absolute atomic E-state index is 11.6. The van der Waals surface area contributed by atoms with Crippen molar-refractivity contribution >= 4 is 128 Å². The van der Waals surface area contributed by atoms with Gasteiger partial charge in [-0.15, -0.1) is 22.7 Å². The van der Waals surface area contributed by atoms with Crippen LogP contribution in [0.2, 0.25) is 0 Å². The van der Waals surface area contributed by atoms with E-state index < -0.39 is 35.6 Å². The number of amides is 2. The van der Waals surface area contributed by atoms with Crippen molar-refractivity contribution in [3.8, 4) is 0 Å². The molecule has 0 saturated carbocycles. The molecule has 41 heavy (non-hydrogen) atoms. The number of thioether (sulfide) groups is 2. The van der Waals surface area contributed by atoms with E-state index >= 15 is 0 Å². The Kier molecular flexibility index (Phi) is 15.4. The minimum absolute atomic E-state index is 0. The molecule has 0 aliphatic rings. The molecule has 2 unspecified atom stereocenters. The molecule has 212 valence electrons. The topological polar surface area (TPSA) is 164 Å². The van der Waals surface area contributed by atoms with E-state index in [1.165, 1.54) is 46.2 Å². The molecular formula is C26H26CaN4O6S4. The van der Waals surface area contributed by atoms with Gasteiger partial charge >= 0.3 is 37.7 Å². The zero-order valence-corrected chi connectivity index (χ0v) is 27.8. The number of rotatable bonds is 12. The van der Waals surface area contributed by atoms with Gasteiger partial charge in [-0.05, 0) is 38.1 Å². The first-order chi connectivity index (χ1) is 19.2. The van der Waals surface area contributed by atoms with Crippen molar-refractivity contribution < 1.29 is 29.4 Å². The van der Waals surface area contributed by atoms with Gasteiger partial charge in [-0.25, -0.2) is 9.97 Å². The summed E-state index contributed by atoms with van der Waals surface area (Å²) in [7, 11) is 0. The number of aromatic nitrogens is 2. The van der Waals surface area contributed by atoms with E-state index in [1.807, 2.05) is 48.5 Å². The number of benzene rings is 2. The number of fused-ring (bicyclic) bond motifs is 2. The predicted molar refractivity (Wildman–Crippen MR) is 161 cm³/mol. The molecule has 0 radical (unpaired) electrons. The normalized spacial score (nSPS) is 12.0. The molecule has 4 rings (SSSR count). The molecule has 2 heterocycles. The molecule has 0 spiro atoms. The first-order valence-corrected chi connectivity index (χ1v) is 15.8. The third-order valence-corrected chi connectivity index (χ3v) is 9.75. The average molecular weight is 659 g/mol. The molecule has 2 N–H and O–H groups in total. The van der Waals surface area contributed by atoms with Crippen molar-refractivity contribution in [2.24, 2.45) is 11.8 Å². The number of hydrogen-bond donors (Lipinski definition) is 2. The molecule has 0 saturated heterocycles. The van der Waals surface area contributed by atoms with Crippen LogP contribution in [0.4, 0.5) is 0 Å². The summed E-state index contributed by atoms with van der Waals surface area (Å²) < 4.78 is 3.58. The third-order valence-electron chi connectivity index (χ3n) is 5.20. The molecule has 2 atom stereocenters. The Morgan fingerprint density at radius 3 is 1.41 bits per heavy atom. The Morgan fingerprint density at radius 2 is 1.10 bits per heavy atom.